The number of aromatic nitrogens is 3. The van der Waals surface area contributed by atoms with E-state index in [-0.39, 0.29) is 0 Å². The Hall–Kier alpha value is -3.74. The van der Waals surface area contributed by atoms with Crippen molar-refractivity contribution in [1.82, 2.24) is 14.6 Å². The lowest BCUT2D eigenvalue weighted by Crippen LogP contribution is -2.47. The Labute approximate surface area is 187 Å². The molecule has 0 N–H and O–H groups in total. The molecule has 2 aromatic heterocycles. The molecule has 164 valence electrons. The Morgan fingerprint density at radius 3 is 2.38 bits per heavy atom. The summed E-state index contributed by atoms with van der Waals surface area (Å²) in [5.41, 5.74) is 5.43. The topological polar surface area (TPSA) is 55.1 Å². The second-order valence-electron chi connectivity index (χ2n) is 7.99. The molecule has 0 aliphatic carbocycles. The average Bonchev–Trinajstić information content (AvgIpc) is 3.28. The highest BCUT2D eigenvalue weighted by Crippen LogP contribution is 2.33. The summed E-state index contributed by atoms with van der Waals surface area (Å²) in [5.74, 6) is 2.36. The van der Waals surface area contributed by atoms with Crippen molar-refractivity contribution in [2.45, 2.75) is 6.92 Å². The van der Waals surface area contributed by atoms with Crippen molar-refractivity contribution in [2.75, 3.05) is 50.2 Å². The molecule has 0 spiro atoms. The van der Waals surface area contributed by atoms with E-state index in [4.69, 9.17) is 19.6 Å². The van der Waals surface area contributed by atoms with Gasteiger partial charge in [-0.3, -0.25) is 0 Å². The van der Waals surface area contributed by atoms with E-state index < -0.39 is 0 Å². The fraction of sp³-hybridized carbons (Fsp3) is 0.280. The molecule has 1 aliphatic rings. The Kier molecular flexibility index (Phi) is 5.31. The zero-order chi connectivity index (χ0) is 22.1. The van der Waals surface area contributed by atoms with Gasteiger partial charge in [0.05, 0.1) is 19.9 Å². The normalized spacial score (nSPS) is 14.1. The SMILES string of the molecule is COc1ccc(-c2cc3c(N4CCN(c5cccc(C)c5)CC4)nccn3n2)cc1OC. The summed E-state index contributed by atoms with van der Waals surface area (Å²) >= 11 is 0. The van der Waals surface area contributed by atoms with Crippen LogP contribution in [0.5, 0.6) is 11.5 Å². The molecule has 4 aromatic rings. The van der Waals surface area contributed by atoms with E-state index in [0.717, 1.165) is 48.8 Å². The van der Waals surface area contributed by atoms with E-state index in [2.05, 4.69) is 47.1 Å². The first-order valence-electron chi connectivity index (χ1n) is 10.8. The van der Waals surface area contributed by atoms with Gasteiger partial charge in [0.2, 0.25) is 0 Å². The number of aryl methyl sites for hydroxylation is 1. The molecule has 3 heterocycles. The zero-order valence-electron chi connectivity index (χ0n) is 18.7. The molecule has 0 unspecified atom stereocenters. The monoisotopic (exact) mass is 429 g/mol. The first-order valence-corrected chi connectivity index (χ1v) is 10.8. The maximum Gasteiger partial charge on any atom is 0.161 e. The molecule has 5 rings (SSSR count). The van der Waals surface area contributed by atoms with Gasteiger partial charge in [0.25, 0.3) is 0 Å². The Morgan fingerprint density at radius 2 is 1.62 bits per heavy atom. The van der Waals surface area contributed by atoms with Crippen molar-refractivity contribution in [3.05, 3.63) is 66.5 Å². The summed E-state index contributed by atoms with van der Waals surface area (Å²) in [6.07, 6.45) is 3.72. The molecule has 0 saturated carbocycles. The van der Waals surface area contributed by atoms with E-state index >= 15 is 0 Å². The molecule has 1 aliphatic heterocycles. The van der Waals surface area contributed by atoms with Gasteiger partial charge in [-0.1, -0.05) is 12.1 Å². The number of nitrogens with zero attached hydrogens (tertiary/aromatic N) is 5. The van der Waals surface area contributed by atoms with Crippen LogP contribution in [0.1, 0.15) is 5.56 Å². The average molecular weight is 430 g/mol. The van der Waals surface area contributed by atoms with Gasteiger partial charge in [-0.2, -0.15) is 5.10 Å². The summed E-state index contributed by atoms with van der Waals surface area (Å²) in [6.45, 7) is 5.89. The maximum absolute atomic E-state index is 5.46. The van der Waals surface area contributed by atoms with Crippen LogP contribution < -0.4 is 19.3 Å². The molecule has 0 radical (unpaired) electrons. The number of methoxy groups -OCH3 is 2. The number of hydrogen-bond donors (Lipinski definition) is 0. The number of benzene rings is 2. The molecular formula is C25H27N5O2. The molecule has 7 nitrogen and oxygen atoms in total. The second-order valence-corrected chi connectivity index (χ2v) is 7.99. The van der Waals surface area contributed by atoms with Gasteiger partial charge >= 0.3 is 0 Å². The maximum atomic E-state index is 5.46. The Bertz CT molecular complexity index is 1240. The zero-order valence-corrected chi connectivity index (χ0v) is 18.7. The molecule has 0 bridgehead atoms. The van der Waals surface area contributed by atoms with E-state index in [1.165, 1.54) is 11.3 Å². The first-order chi connectivity index (χ1) is 15.7. The molecular weight excluding hydrogens is 402 g/mol. The molecule has 7 heteroatoms. The van der Waals surface area contributed by atoms with Gasteiger partial charge in [0.15, 0.2) is 17.3 Å². The van der Waals surface area contributed by atoms with Crippen LogP contribution in [0.15, 0.2) is 60.9 Å². The highest BCUT2D eigenvalue weighted by molar-refractivity contribution is 5.76. The Morgan fingerprint density at radius 1 is 0.844 bits per heavy atom. The van der Waals surface area contributed by atoms with E-state index in [9.17, 15) is 0 Å². The van der Waals surface area contributed by atoms with Crippen molar-refractivity contribution in [2.24, 2.45) is 0 Å². The van der Waals surface area contributed by atoms with Crippen molar-refractivity contribution in [3.63, 3.8) is 0 Å². The third kappa shape index (κ3) is 3.70. The van der Waals surface area contributed by atoms with Crippen molar-refractivity contribution in [3.8, 4) is 22.8 Å². The molecule has 0 atom stereocenters. The van der Waals surface area contributed by atoms with Crippen molar-refractivity contribution >= 4 is 17.0 Å². The summed E-state index contributed by atoms with van der Waals surface area (Å²) < 4.78 is 12.7. The standard InChI is InChI=1S/C25H27N5O2/c1-18-5-4-6-20(15-18)28-11-13-29(14-12-28)25-22-17-21(27-30(22)10-9-26-25)19-7-8-23(31-2)24(16-19)32-3/h4-10,15-17H,11-14H2,1-3H3. The third-order valence-electron chi connectivity index (χ3n) is 5.99. The van der Waals surface area contributed by atoms with Gasteiger partial charge in [-0.05, 0) is 48.9 Å². The third-order valence-corrected chi connectivity index (χ3v) is 5.99. The quantitative estimate of drug-likeness (QED) is 0.477. The minimum Gasteiger partial charge on any atom is -0.493 e. The van der Waals surface area contributed by atoms with Gasteiger partial charge in [-0.15, -0.1) is 0 Å². The van der Waals surface area contributed by atoms with Crippen LogP contribution in [0, 0.1) is 6.92 Å². The largest absolute Gasteiger partial charge is 0.493 e. The van der Waals surface area contributed by atoms with Crippen LogP contribution >= 0.6 is 0 Å². The predicted octanol–water partition coefficient (Wildman–Crippen LogP) is 4.05. The highest BCUT2D eigenvalue weighted by atomic mass is 16.5. The van der Waals surface area contributed by atoms with E-state index in [1.807, 2.05) is 35.1 Å². The van der Waals surface area contributed by atoms with Gasteiger partial charge in [0.1, 0.15) is 5.52 Å². The van der Waals surface area contributed by atoms with Crippen LogP contribution in [0.4, 0.5) is 11.5 Å². The van der Waals surface area contributed by atoms with Gasteiger partial charge < -0.3 is 19.3 Å². The van der Waals surface area contributed by atoms with Crippen LogP contribution in [0.2, 0.25) is 0 Å². The molecule has 0 amide bonds. The summed E-state index contributed by atoms with van der Waals surface area (Å²) in [6, 6.07) is 16.7. The summed E-state index contributed by atoms with van der Waals surface area (Å²) in [5, 5.41) is 4.78. The fourth-order valence-corrected chi connectivity index (χ4v) is 4.29. The summed E-state index contributed by atoms with van der Waals surface area (Å²) in [7, 11) is 3.28. The molecule has 1 fully saturated rings. The van der Waals surface area contributed by atoms with Gasteiger partial charge in [0, 0.05) is 49.8 Å². The Balaban J connectivity index is 1.41. The lowest BCUT2D eigenvalue weighted by Gasteiger charge is -2.37. The first kappa shape index (κ1) is 20.2. The minimum atomic E-state index is 0.688. The molecule has 32 heavy (non-hydrogen) atoms. The van der Waals surface area contributed by atoms with Gasteiger partial charge in [-0.25, -0.2) is 9.50 Å². The molecule has 2 aromatic carbocycles. The van der Waals surface area contributed by atoms with E-state index in [0.29, 0.717) is 11.5 Å². The van der Waals surface area contributed by atoms with Crippen LogP contribution in [0.25, 0.3) is 16.8 Å². The predicted molar refractivity (Wildman–Crippen MR) is 127 cm³/mol. The smallest absolute Gasteiger partial charge is 0.161 e. The number of hydrogen-bond acceptors (Lipinski definition) is 6. The number of rotatable bonds is 5. The van der Waals surface area contributed by atoms with Crippen LogP contribution in [-0.2, 0) is 0 Å². The van der Waals surface area contributed by atoms with Crippen molar-refractivity contribution < 1.29 is 9.47 Å². The molecule has 1 saturated heterocycles. The fourth-order valence-electron chi connectivity index (χ4n) is 4.29. The lowest BCUT2D eigenvalue weighted by atomic mass is 10.1. The highest BCUT2D eigenvalue weighted by Gasteiger charge is 2.21. The van der Waals surface area contributed by atoms with Crippen LogP contribution in [0.3, 0.4) is 0 Å². The van der Waals surface area contributed by atoms with Crippen molar-refractivity contribution in [1.29, 1.82) is 0 Å². The number of fused-ring (bicyclic) bond motifs is 1. The lowest BCUT2D eigenvalue weighted by molar-refractivity contribution is 0.355. The number of piperazine rings is 1. The van der Waals surface area contributed by atoms with E-state index in [1.54, 1.807) is 14.2 Å². The van der Waals surface area contributed by atoms with Crippen LogP contribution in [-0.4, -0.2) is 55.0 Å². The minimum absolute atomic E-state index is 0.688. The second kappa shape index (κ2) is 8.42. The number of anilines is 2. The summed E-state index contributed by atoms with van der Waals surface area (Å²) in [4.78, 5) is 9.50. The number of ether oxygens (including phenoxy) is 2.